The summed E-state index contributed by atoms with van der Waals surface area (Å²) in [7, 11) is 0. The van der Waals surface area contributed by atoms with E-state index < -0.39 is 5.92 Å². The Hall–Kier alpha value is -1.62. The lowest BCUT2D eigenvalue weighted by Gasteiger charge is -2.18. The molecule has 0 aromatic heterocycles. The summed E-state index contributed by atoms with van der Waals surface area (Å²) in [6.07, 6.45) is 1.29. The van der Waals surface area contributed by atoms with E-state index in [1.807, 2.05) is 24.3 Å². The molecular formula is C11H9NO. The second-order valence-corrected chi connectivity index (χ2v) is 3.23. The first kappa shape index (κ1) is 8.00. The maximum absolute atomic E-state index is 11.4. The Morgan fingerprint density at radius 2 is 2.08 bits per heavy atom. The second-order valence-electron chi connectivity index (χ2n) is 3.23. The average molecular weight is 171 g/mol. The van der Waals surface area contributed by atoms with Crippen molar-refractivity contribution >= 4 is 5.78 Å². The highest BCUT2D eigenvalue weighted by Gasteiger charge is 2.26. The van der Waals surface area contributed by atoms with Crippen LogP contribution in [0.2, 0.25) is 0 Å². The third kappa shape index (κ3) is 1.23. The van der Waals surface area contributed by atoms with Gasteiger partial charge in [-0.3, -0.25) is 4.79 Å². The van der Waals surface area contributed by atoms with Crippen LogP contribution in [0, 0.1) is 11.3 Å². The molecule has 0 heterocycles. The molecule has 1 aromatic rings. The van der Waals surface area contributed by atoms with Crippen LogP contribution in [-0.4, -0.2) is 5.78 Å². The lowest BCUT2D eigenvalue weighted by molar-refractivity contribution is -0.119. The summed E-state index contributed by atoms with van der Waals surface area (Å²) in [6.45, 7) is 0. The molecule has 0 fully saturated rings. The molecule has 2 heteroatoms. The van der Waals surface area contributed by atoms with Gasteiger partial charge in [0.15, 0.2) is 5.78 Å². The molecule has 1 aliphatic carbocycles. The fourth-order valence-corrected chi connectivity index (χ4v) is 1.76. The van der Waals surface area contributed by atoms with Crippen molar-refractivity contribution in [3.8, 4) is 6.07 Å². The first-order valence-corrected chi connectivity index (χ1v) is 4.33. The average Bonchev–Trinajstić information content (AvgIpc) is 2.18. The van der Waals surface area contributed by atoms with Gasteiger partial charge in [0.2, 0.25) is 0 Å². The first-order valence-electron chi connectivity index (χ1n) is 4.33. The van der Waals surface area contributed by atoms with E-state index in [4.69, 9.17) is 5.26 Å². The van der Waals surface area contributed by atoms with Crippen LogP contribution in [0.4, 0.5) is 0 Å². The van der Waals surface area contributed by atoms with E-state index >= 15 is 0 Å². The van der Waals surface area contributed by atoms with Crippen molar-refractivity contribution in [2.45, 2.75) is 18.8 Å². The number of nitrogens with zero attached hydrogens (tertiary/aromatic N) is 1. The van der Waals surface area contributed by atoms with Crippen LogP contribution >= 0.6 is 0 Å². The molecule has 0 saturated carbocycles. The number of fused-ring (bicyclic) bond motifs is 1. The summed E-state index contributed by atoms with van der Waals surface area (Å²) in [4.78, 5) is 11.4. The van der Waals surface area contributed by atoms with Gasteiger partial charge in [-0.25, -0.2) is 0 Å². The molecule has 0 saturated heterocycles. The number of ketones is 1. The zero-order valence-electron chi connectivity index (χ0n) is 7.16. The molecule has 0 aliphatic heterocycles. The van der Waals surface area contributed by atoms with Gasteiger partial charge in [-0.15, -0.1) is 0 Å². The minimum Gasteiger partial charge on any atom is -0.298 e. The summed E-state index contributed by atoms with van der Waals surface area (Å²) in [6, 6.07) is 9.75. The molecule has 0 radical (unpaired) electrons. The number of carbonyl (C=O) groups is 1. The van der Waals surface area contributed by atoms with Crippen LogP contribution in [0.15, 0.2) is 24.3 Å². The maximum atomic E-state index is 11.4. The summed E-state index contributed by atoms with van der Waals surface area (Å²) < 4.78 is 0. The molecule has 1 atom stereocenters. The number of benzene rings is 1. The van der Waals surface area contributed by atoms with Crippen LogP contribution in [0.1, 0.15) is 23.5 Å². The Balaban J connectivity index is 2.53. The lowest BCUT2D eigenvalue weighted by Crippen LogP contribution is -2.18. The van der Waals surface area contributed by atoms with E-state index in [1.54, 1.807) is 0 Å². The summed E-state index contributed by atoms with van der Waals surface area (Å²) in [5.74, 6) is -0.467. The standard InChI is InChI=1S/C11H9NO/c12-7-10-9-4-2-1-3-8(9)5-6-11(10)13/h1-4,10H,5-6H2. The first-order chi connectivity index (χ1) is 6.33. The number of carbonyl (C=O) groups excluding carboxylic acids is 1. The molecule has 2 nitrogen and oxygen atoms in total. The van der Waals surface area contributed by atoms with E-state index in [0.29, 0.717) is 6.42 Å². The van der Waals surface area contributed by atoms with Crippen molar-refractivity contribution in [3.63, 3.8) is 0 Å². The maximum Gasteiger partial charge on any atom is 0.154 e. The van der Waals surface area contributed by atoms with Crippen molar-refractivity contribution in [2.24, 2.45) is 0 Å². The minimum atomic E-state index is -0.523. The molecule has 0 N–H and O–H groups in total. The van der Waals surface area contributed by atoms with Crippen LogP contribution in [0.25, 0.3) is 0 Å². The van der Waals surface area contributed by atoms with Gasteiger partial charge in [0.05, 0.1) is 6.07 Å². The predicted molar refractivity (Wildman–Crippen MR) is 48.1 cm³/mol. The Kier molecular flexibility index (Phi) is 1.86. The minimum absolute atomic E-state index is 0.0567. The van der Waals surface area contributed by atoms with Crippen molar-refractivity contribution in [1.29, 1.82) is 5.26 Å². The number of hydrogen-bond acceptors (Lipinski definition) is 2. The van der Waals surface area contributed by atoms with Gasteiger partial charge in [0.25, 0.3) is 0 Å². The van der Waals surface area contributed by atoms with E-state index in [-0.39, 0.29) is 5.78 Å². The quantitative estimate of drug-likeness (QED) is 0.597. The van der Waals surface area contributed by atoms with Crippen LogP contribution < -0.4 is 0 Å². The molecule has 13 heavy (non-hydrogen) atoms. The zero-order chi connectivity index (χ0) is 9.26. The molecule has 2 rings (SSSR count). The Morgan fingerprint density at radius 1 is 1.31 bits per heavy atom. The Bertz CT molecular complexity index is 389. The van der Waals surface area contributed by atoms with Crippen molar-refractivity contribution < 1.29 is 4.79 Å². The molecule has 1 unspecified atom stereocenters. The monoisotopic (exact) mass is 171 g/mol. The van der Waals surface area contributed by atoms with E-state index in [9.17, 15) is 4.79 Å². The van der Waals surface area contributed by atoms with Gasteiger partial charge in [0, 0.05) is 6.42 Å². The van der Waals surface area contributed by atoms with Gasteiger partial charge < -0.3 is 0 Å². The predicted octanol–water partition coefficient (Wildman–Crippen LogP) is 1.81. The highest BCUT2D eigenvalue weighted by molar-refractivity contribution is 5.90. The Labute approximate surface area is 76.8 Å². The molecule has 0 bridgehead atoms. The number of aryl methyl sites for hydroxylation is 1. The molecule has 1 aromatic carbocycles. The summed E-state index contributed by atoms with van der Waals surface area (Å²) in [5.41, 5.74) is 2.05. The van der Waals surface area contributed by atoms with Gasteiger partial charge >= 0.3 is 0 Å². The van der Waals surface area contributed by atoms with E-state index in [1.165, 1.54) is 0 Å². The molecule has 1 aliphatic rings. The molecule has 0 spiro atoms. The second kappa shape index (κ2) is 3.02. The third-order valence-corrected chi connectivity index (χ3v) is 2.46. The smallest absolute Gasteiger partial charge is 0.154 e. The normalized spacial score (nSPS) is 20.5. The highest BCUT2D eigenvalue weighted by Crippen LogP contribution is 2.27. The number of nitriles is 1. The van der Waals surface area contributed by atoms with Gasteiger partial charge in [-0.1, -0.05) is 24.3 Å². The molecule has 64 valence electrons. The van der Waals surface area contributed by atoms with Gasteiger partial charge in [-0.05, 0) is 17.5 Å². The van der Waals surface area contributed by atoms with E-state index in [2.05, 4.69) is 6.07 Å². The third-order valence-electron chi connectivity index (χ3n) is 2.46. The van der Waals surface area contributed by atoms with Crippen LogP contribution in [0.3, 0.4) is 0 Å². The largest absolute Gasteiger partial charge is 0.298 e. The Morgan fingerprint density at radius 3 is 2.85 bits per heavy atom. The van der Waals surface area contributed by atoms with Crippen molar-refractivity contribution in [3.05, 3.63) is 35.4 Å². The van der Waals surface area contributed by atoms with Crippen LogP contribution in [0.5, 0.6) is 0 Å². The highest BCUT2D eigenvalue weighted by atomic mass is 16.1. The fourth-order valence-electron chi connectivity index (χ4n) is 1.76. The number of Topliss-reactive ketones (excluding diaryl/α,β-unsaturated/α-hetero) is 1. The zero-order valence-corrected chi connectivity index (χ0v) is 7.16. The van der Waals surface area contributed by atoms with Crippen molar-refractivity contribution in [1.82, 2.24) is 0 Å². The molecular weight excluding hydrogens is 162 g/mol. The number of hydrogen-bond donors (Lipinski definition) is 0. The summed E-state index contributed by atoms with van der Waals surface area (Å²) >= 11 is 0. The number of rotatable bonds is 0. The van der Waals surface area contributed by atoms with Crippen LogP contribution in [-0.2, 0) is 11.2 Å². The van der Waals surface area contributed by atoms with Gasteiger partial charge in [0.1, 0.15) is 5.92 Å². The van der Waals surface area contributed by atoms with Gasteiger partial charge in [-0.2, -0.15) is 5.26 Å². The van der Waals surface area contributed by atoms with Crippen molar-refractivity contribution in [2.75, 3.05) is 0 Å². The lowest BCUT2D eigenvalue weighted by atomic mass is 9.83. The van der Waals surface area contributed by atoms with E-state index in [0.717, 1.165) is 17.5 Å². The SMILES string of the molecule is N#CC1C(=O)CCc2ccccc21. The summed E-state index contributed by atoms with van der Waals surface area (Å²) in [5, 5.41) is 8.84. The topological polar surface area (TPSA) is 40.9 Å². The molecule has 0 amide bonds. The fraction of sp³-hybridized carbons (Fsp3) is 0.273.